The zero-order valence-electron chi connectivity index (χ0n) is 13.7. The third-order valence-electron chi connectivity index (χ3n) is 3.38. The molecule has 1 amide bonds. The van der Waals surface area contributed by atoms with E-state index in [1.165, 1.54) is 10.5 Å². The fraction of sp³-hybridized carbons (Fsp3) is 0.278. The van der Waals surface area contributed by atoms with Crippen LogP contribution in [0.5, 0.6) is 0 Å². The number of carbonyl (C=O) groups is 1. The van der Waals surface area contributed by atoms with E-state index in [1.54, 1.807) is 23.5 Å². The smallest absolute Gasteiger partial charge is 0.238 e. The molecule has 0 heterocycles. The lowest BCUT2D eigenvalue weighted by Gasteiger charge is -2.16. The van der Waals surface area contributed by atoms with Crippen molar-refractivity contribution >= 4 is 35.1 Å². The number of likely N-dealkylation sites (N-methyl/N-ethyl adjacent to an activating group) is 1. The molecule has 0 saturated heterocycles. The van der Waals surface area contributed by atoms with Crippen LogP contribution < -0.4 is 5.32 Å². The molecule has 1 N–H and O–H groups in total. The number of anilines is 1. The van der Waals surface area contributed by atoms with Gasteiger partial charge in [-0.05, 0) is 55.5 Å². The quantitative estimate of drug-likeness (QED) is 0.762. The first-order valence-corrected chi connectivity index (χ1v) is 9.81. The van der Waals surface area contributed by atoms with Crippen LogP contribution in [0.3, 0.4) is 0 Å². The molecule has 0 aliphatic heterocycles. The van der Waals surface area contributed by atoms with Crippen molar-refractivity contribution in [3.05, 3.63) is 54.1 Å². The molecule has 122 valence electrons. The highest BCUT2D eigenvalue weighted by Crippen LogP contribution is 2.19. The van der Waals surface area contributed by atoms with Crippen LogP contribution in [0, 0.1) is 0 Å². The minimum absolute atomic E-state index is 0.00601. The molecule has 0 saturated carbocycles. The molecule has 2 rings (SSSR count). The first-order valence-electron chi connectivity index (χ1n) is 7.36. The van der Waals surface area contributed by atoms with Crippen LogP contribution in [0.1, 0.15) is 5.56 Å². The zero-order valence-corrected chi connectivity index (χ0v) is 15.3. The Kier molecular flexibility index (Phi) is 7.02. The summed E-state index contributed by atoms with van der Waals surface area (Å²) >= 11 is 3.40. The molecular formula is C18H22N2OS2. The number of nitrogens with one attached hydrogen (secondary N) is 1. The van der Waals surface area contributed by atoms with Crippen molar-refractivity contribution in [3.63, 3.8) is 0 Å². The largest absolute Gasteiger partial charge is 0.325 e. The van der Waals surface area contributed by atoms with Gasteiger partial charge in [0.15, 0.2) is 0 Å². The van der Waals surface area contributed by atoms with E-state index in [2.05, 4.69) is 35.8 Å². The lowest BCUT2D eigenvalue weighted by molar-refractivity contribution is -0.117. The van der Waals surface area contributed by atoms with Gasteiger partial charge in [0.1, 0.15) is 0 Å². The summed E-state index contributed by atoms with van der Waals surface area (Å²) in [6.07, 6.45) is 4.09. The highest BCUT2D eigenvalue weighted by Gasteiger charge is 2.08. The normalized spacial score (nSPS) is 10.8. The average Bonchev–Trinajstić information content (AvgIpc) is 2.55. The number of amides is 1. The van der Waals surface area contributed by atoms with Crippen molar-refractivity contribution in [1.82, 2.24) is 4.90 Å². The van der Waals surface area contributed by atoms with Gasteiger partial charge >= 0.3 is 0 Å². The van der Waals surface area contributed by atoms with Crippen LogP contribution >= 0.6 is 23.5 Å². The summed E-state index contributed by atoms with van der Waals surface area (Å²) in [5.74, 6) is 0.00601. The van der Waals surface area contributed by atoms with Gasteiger partial charge in [-0.15, -0.1) is 23.5 Å². The lowest BCUT2D eigenvalue weighted by atomic mass is 10.2. The lowest BCUT2D eigenvalue weighted by Crippen LogP contribution is -2.29. The Labute approximate surface area is 146 Å². The van der Waals surface area contributed by atoms with E-state index in [9.17, 15) is 4.79 Å². The average molecular weight is 347 g/mol. The predicted octanol–water partition coefficient (Wildman–Crippen LogP) is 4.20. The maximum atomic E-state index is 12.2. The van der Waals surface area contributed by atoms with Crippen LogP contribution in [0.2, 0.25) is 0 Å². The van der Waals surface area contributed by atoms with Crippen LogP contribution in [-0.4, -0.2) is 36.9 Å². The fourth-order valence-corrected chi connectivity index (χ4v) is 3.11. The first kappa shape index (κ1) is 17.9. The van der Waals surface area contributed by atoms with Crippen molar-refractivity contribution in [2.45, 2.75) is 16.3 Å². The highest BCUT2D eigenvalue weighted by molar-refractivity contribution is 7.98. The van der Waals surface area contributed by atoms with E-state index in [4.69, 9.17) is 0 Å². The van der Waals surface area contributed by atoms with Gasteiger partial charge < -0.3 is 5.32 Å². The molecule has 0 bridgehead atoms. The number of benzene rings is 2. The van der Waals surface area contributed by atoms with E-state index in [0.29, 0.717) is 6.54 Å². The summed E-state index contributed by atoms with van der Waals surface area (Å²) in [4.78, 5) is 16.6. The molecule has 2 aromatic carbocycles. The number of nitrogens with zero attached hydrogens (tertiary/aromatic N) is 1. The number of rotatable bonds is 7. The minimum Gasteiger partial charge on any atom is -0.325 e. The van der Waals surface area contributed by atoms with Crippen LogP contribution in [-0.2, 0) is 11.3 Å². The van der Waals surface area contributed by atoms with Gasteiger partial charge in [0.2, 0.25) is 5.91 Å². The molecule has 0 aliphatic rings. The van der Waals surface area contributed by atoms with Crippen LogP contribution in [0.4, 0.5) is 5.69 Å². The van der Waals surface area contributed by atoms with Crippen molar-refractivity contribution in [2.24, 2.45) is 0 Å². The third-order valence-corrected chi connectivity index (χ3v) is 4.85. The molecule has 0 aliphatic carbocycles. The third kappa shape index (κ3) is 5.94. The molecule has 0 aromatic heterocycles. The van der Waals surface area contributed by atoms with Gasteiger partial charge in [0.25, 0.3) is 0 Å². The number of hydrogen-bond acceptors (Lipinski definition) is 4. The van der Waals surface area contributed by atoms with Gasteiger partial charge in [-0.2, -0.15) is 0 Å². The standard InChI is InChI=1S/C18H22N2OS2/c1-20(12-14-7-9-16(22-2)10-8-14)13-18(21)19-15-5-4-6-17(11-15)23-3/h4-11H,12-13H2,1-3H3,(H,19,21). The summed E-state index contributed by atoms with van der Waals surface area (Å²) in [5.41, 5.74) is 2.06. The molecule has 0 fully saturated rings. The summed E-state index contributed by atoms with van der Waals surface area (Å²) in [6.45, 7) is 1.13. The molecule has 0 unspecified atom stereocenters. The molecule has 23 heavy (non-hydrogen) atoms. The van der Waals surface area contributed by atoms with Gasteiger partial charge in [0, 0.05) is 22.0 Å². The number of thioether (sulfide) groups is 2. The molecule has 0 atom stereocenters. The zero-order chi connectivity index (χ0) is 16.7. The number of hydrogen-bond donors (Lipinski definition) is 1. The Bertz CT molecular complexity index is 644. The predicted molar refractivity (Wildman–Crippen MR) is 101 cm³/mol. The van der Waals surface area contributed by atoms with Crippen molar-refractivity contribution in [1.29, 1.82) is 0 Å². The minimum atomic E-state index is 0.00601. The first-order chi connectivity index (χ1) is 11.1. The van der Waals surface area contributed by atoms with Gasteiger partial charge in [-0.1, -0.05) is 18.2 Å². The second-order valence-electron chi connectivity index (χ2n) is 5.30. The van der Waals surface area contributed by atoms with Gasteiger partial charge in [-0.3, -0.25) is 9.69 Å². The van der Waals surface area contributed by atoms with Gasteiger partial charge in [0.05, 0.1) is 6.54 Å². The Morgan fingerprint density at radius 3 is 2.39 bits per heavy atom. The fourth-order valence-electron chi connectivity index (χ4n) is 2.25. The summed E-state index contributed by atoms with van der Waals surface area (Å²) in [7, 11) is 1.96. The molecule has 0 radical (unpaired) electrons. The van der Waals surface area contributed by atoms with Gasteiger partial charge in [-0.25, -0.2) is 0 Å². The monoisotopic (exact) mass is 346 g/mol. The van der Waals surface area contributed by atoms with E-state index in [-0.39, 0.29) is 5.91 Å². The van der Waals surface area contributed by atoms with Crippen LogP contribution in [0.15, 0.2) is 58.3 Å². The van der Waals surface area contributed by atoms with Crippen molar-refractivity contribution in [2.75, 3.05) is 31.4 Å². The second kappa shape index (κ2) is 9.01. The van der Waals surface area contributed by atoms with Crippen LogP contribution in [0.25, 0.3) is 0 Å². The second-order valence-corrected chi connectivity index (χ2v) is 7.06. The molecular weight excluding hydrogens is 324 g/mol. The van der Waals surface area contributed by atoms with E-state index >= 15 is 0 Å². The molecule has 0 spiro atoms. The van der Waals surface area contributed by atoms with E-state index in [1.807, 2.05) is 42.5 Å². The van der Waals surface area contributed by atoms with Crippen molar-refractivity contribution in [3.8, 4) is 0 Å². The Balaban J connectivity index is 1.86. The maximum Gasteiger partial charge on any atom is 0.238 e. The Morgan fingerprint density at radius 1 is 1.04 bits per heavy atom. The SMILES string of the molecule is CSc1ccc(CN(C)CC(=O)Nc2cccc(SC)c2)cc1. The van der Waals surface area contributed by atoms with Crippen molar-refractivity contribution < 1.29 is 4.79 Å². The molecule has 5 heteroatoms. The highest BCUT2D eigenvalue weighted by atomic mass is 32.2. The molecule has 3 nitrogen and oxygen atoms in total. The number of carbonyl (C=O) groups excluding carboxylic acids is 1. The van der Waals surface area contributed by atoms with E-state index in [0.717, 1.165) is 17.1 Å². The summed E-state index contributed by atoms with van der Waals surface area (Å²) in [5, 5.41) is 2.95. The molecule has 2 aromatic rings. The summed E-state index contributed by atoms with van der Waals surface area (Å²) < 4.78 is 0. The topological polar surface area (TPSA) is 32.3 Å². The maximum absolute atomic E-state index is 12.2. The Hall–Kier alpha value is -1.43. The van der Waals surface area contributed by atoms with E-state index < -0.39 is 0 Å². The Morgan fingerprint density at radius 2 is 1.74 bits per heavy atom. The summed E-state index contributed by atoms with van der Waals surface area (Å²) in [6, 6.07) is 16.3.